The Morgan fingerprint density at radius 3 is 2.31 bits per heavy atom. The summed E-state index contributed by atoms with van der Waals surface area (Å²) in [7, 11) is 0. The van der Waals surface area contributed by atoms with Gasteiger partial charge >= 0.3 is 0 Å². The fourth-order valence-electron chi connectivity index (χ4n) is 5.48. The van der Waals surface area contributed by atoms with Crippen molar-refractivity contribution in [3.8, 4) is 11.8 Å². The fourth-order valence-corrected chi connectivity index (χ4v) is 5.57. The lowest BCUT2D eigenvalue weighted by atomic mass is 9.69. The van der Waals surface area contributed by atoms with Gasteiger partial charge < -0.3 is 0 Å². The van der Waals surface area contributed by atoms with Gasteiger partial charge in [-0.1, -0.05) is 69.3 Å². The second kappa shape index (κ2) is 12.4. The van der Waals surface area contributed by atoms with Crippen molar-refractivity contribution in [3.05, 3.63) is 40.5 Å². The first-order valence-electron chi connectivity index (χ1n) is 12.3. The molecule has 1 atom stereocenters. The Morgan fingerprint density at radius 2 is 1.69 bits per heavy atom. The normalized spacial score (nSPS) is 23.3. The van der Waals surface area contributed by atoms with Crippen LogP contribution in [0, 0.1) is 41.2 Å². The zero-order chi connectivity index (χ0) is 22.9. The number of unbranched alkanes of at least 4 members (excludes halogenated alkanes) is 3. The first-order chi connectivity index (χ1) is 15.5. The molecule has 0 heterocycles. The van der Waals surface area contributed by atoms with E-state index in [-0.39, 0.29) is 0 Å². The third-order valence-corrected chi connectivity index (χ3v) is 7.50. The van der Waals surface area contributed by atoms with Crippen LogP contribution in [0.2, 0.25) is 0 Å². The number of thiocarbonyl (C=S) groups is 1. The van der Waals surface area contributed by atoms with Crippen LogP contribution < -0.4 is 0 Å². The standard InChI is InChI=1S/C28H35F2NS/c1-3-4-5-6-7-21-8-12-24(13-9-21)25-15-14-23(20(2)16-25)11-10-22-17-26(29)28(31-19-32)27(30)18-22/h17-18,21,24-25H,3-9,12-16H2,1-2H3. The second-order valence-electron chi connectivity index (χ2n) is 9.63. The number of benzene rings is 1. The first kappa shape index (κ1) is 24.8. The molecule has 2 aliphatic rings. The number of isothiocyanates is 1. The highest BCUT2D eigenvalue weighted by Gasteiger charge is 2.29. The van der Waals surface area contributed by atoms with Crippen molar-refractivity contribution in [3.63, 3.8) is 0 Å². The minimum Gasteiger partial charge on any atom is -0.204 e. The highest BCUT2D eigenvalue weighted by Crippen LogP contribution is 2.42. The Morgan fingerprint density at radius 1 is 0.969 bits per heavy atom. The summed E-state index contributed by atoms with van der Waals surface area (Å²) in [5.41, 5.74) is 2.39. The zero-order valence-electron chi connectivity index (χ0n) is 19.5. The van der Waals surface area contributed by atoms with Crippen LogP contribution in [0.1, 0.15) is 96.5 Å². The van der Waals surface area contributed by atoms with Gasteiger partial charge in [0.05, 0.1) is 5.16 Å². The van der Waals surface area contributed by atoms with E-state index < -0.39 is 17.3 Å². The van der Waals surface area contributed by atoms with Gasteiger partial charge in [-0.15, -0.1) is 0 Å². The smallest absolute Gasteiger partial charge is 0.153 e. The van der Waals surface area contributed by atoms with Crippen LogP contribution in [0.4, 0.5) is 14.5 Å². The van der Waals surface area contributed by atoms with E-state index in [1.54, 1.807) is 0 Å². The lowest BCUT2D eigenvalue weighted by Gasteiger charge is -2.36. The van der Waals surface area contributed by atoms with Crippen molar-refractivity contribution in [2.75, 3.05) is 0 Å². The molecule has 1 saturated carbocycles. The molecule has 1 aromatic rings. The molecular formula is C28H35F2NS. The van der Waals surface area contributed by atoms with Gasteiger partial charge in [0.1, 0.15) is 5.69 Å². The summed E-state index contributed by atoms with van der Waals surface area (Å²) in [4.78, 5) is 3.45. The van der Waals surface area contributed by atoms with Crippen molar-refractivity contribution in [1.29, 1.82) is 0 Å². The SMILES string of the molecule is CCCCCCC1CCC(C2CCC(C#Cc3cc(F)c(N=C=S)c(F)c3)=C(C)C2)CC1. The molecule has 172 valence electrons. The monoisotopic (exact) mass is 455 g/mol. The third-order valence-electron chi connectivity index (χ3n) is 7.40. The number of halogens is 2. The molecule has 1 aromatic carbocycles. The Hall–Kier alpha value is -1.82. The molecule has 0 aromatic heterocycles. The maximum absolute atomic E-state index is 14.0. The second-order valence-corrected chi connectivity index (χ2v) is 9.82. The van der Waals surface area contributed by atoms with Crippen LogP contribution in [-0.2, 0) is 0 Å². The first-order valence-corrected chi connectivity index (χ1v) is 12.7. The van der Waals surface area contributed by atoms with E-state index in [0.717, 1.165) is 36.2 Å². The van der Waals surface area contributed by atoms with Gasteiger partial charge in [-0.25, -0.2) is 8.78 Å². The molecule has 1 nitrogen and oxygen atoms in total. The predicted molar refractivity (Wildman–Crippen MR) is 132 cm³/mol. The topological polar surface area (TPSA) is 12.4 Å². The average molecular weight is 456 g/mol. The van der Waals surface area contributed by atoms with Crippen LogP contribution in [0.3, 0.4) is 0 Å². The molecule has 2 aliphatic carbocycles. The van der Waals surface area contributed by atoms with E-state index in [1.807, 2.05) is 5.16 Å². The van der Waals surface area contributed by atoms with E-state index in [4.69, 9.17) is 0 Å². The van der Waals surface area contributed by atoms with Gasteiger partial charge in [0.2, 0.25) is 0 Å². The summed E-state index contributed by atoms with van der Waals surface area (Å²) in [5, 5.41) is 2.01. The van der Waals surface area contributed by atoms with Gasteiger partial charge in [0.15, 0.2) is 11.6 Å². The van der Waals surface area contributed by atoms with Crippen molar-refractivity contribution in [2.45, 2.75) is 90.9 Å². The van der Waals surface area contributed by atoms with E-state index >= 15 is 0 Å². The summed E-state index contributed by atoms with van der Waals surface area (Å²) in [5.74, 6) is 7.18. The van der Waals surface area contributed by atoms with Gasteiger partial charge in [0.25, 0.3) is 0 Å². The van der Waals surface area contributed by atoms with E-state index in [0.29, 0.717) is 5.56 Å². The molecule has 0 saturated heterocycles. The molecule has 0 radical (unpaired) electrons. The summed E-state index contributed by atoms with van der Waals surface area (Å²) < 4.78 is 28.1. The average Bonchev–Trinajstić information content (AvgIpc) is 2.79. The van der Waals surface area contributed by atoms with E-state index in [2.05, 4.69) is 42.9 Å². The van der Waals surface area contributed by atoms with Crippen LogP contribution in [0.25, 0.3) is 0 Å². The Labute approximate surface area is 197 Å². The minimum absolute atomic E-state index is 0.322. The molecule has 3 rings (SSSR count). The van der Waals surface area contributed by atoms with Gasteiger partial charge in [-0.05, 0) is 81.1 Å². The van der Waals surface area contributed by atoms with Crippen LogP contribution in [0.15, 0.2) is 28.3 Å². The molecule has 1 fully saturated rings. The minimum atomic E-state index is -0.762. The van der Waals surface area contributed by atoms with Crippen molar-refractivity contribution in [2.24, 2.45) is 22.7 Å². The molecule has 0 amide bonds. The molecule has 32 heavy (non-hydrogen) atoms. The summed E-state index contributed by atoms with van der Waals surface area (Å²) in [6.07, 6.45) is 15.8. The molecule has 0 bridgehead atoms. The zero-order valence-corrected chi connectivity index (χ0v) is 20.3. The van der Waals surface area contributed by atoms with Crippen LogP contribution >= 0.6 is 12.2 Å². The van der Waals surface area contributed by atoms with Crippen molar-refractivity contribution in [1.82, 2.24) is 0 Å². The molecular weight excluding hydrogens is 420 g/mol. The molecule has 0 aliphatic heterocycles. The number of nitrogens with zero attached hydrogens (tertiary/aromatic N) is 1. The largest absolute Gasteiger partial charge is 0.204 e. The number of allylic oxidation sites excluding steroid dienone is 2. The van der Waals surface area contributed by atoms with Crippen LogP contribution in [0.5, 0.6) is 0 Å². The summed E-state index contributed by atoms with van der Waals surface area (Å²) in [6.45, 7) is 4.45. The quantitative estimate of drug-likeness (QED) is 0.173. The van der Waals surface area contributed by atoms with E-state index in [1.165, 1.54) is 81.9 Å². The predicted octanol–water partition coefficient (Wildman–Crippen LogP) is 8.94. The highest BCUT2D eigenvalue weighted by molar-refractivity contribution is 7.78. The number of hydrogen-bond donors (Lipinski definition) is 0. The van der Waals surface area contributed by atoms with Gasteiger partial charge in [-0.3, -0.25) is 0 Å². The van der Waals surface area contributed by atoms with Gasteiger partial charge in [-0.2, -0.15) is 4.99 Å². The summed E-state index contributed by atoms with van der Waals surface area (Å²) >= 11 is 4.44. The van der Waals surface area contributed by atoms with Crippen molar-refractivity contribution < 1.29 is 8.78 Å². The lowest BCUT2D eigenvalue weighted by Crippen LogP contribution is -2.24. The Balaban J connectivity index is 1.55. The van der Waals surface area contributed by atoms with Crippen LogP contribution in [-0.4, -0.2) is 5.16 Å². The Kier molecular flexibility index (Phi) is 9.64. The fraction of sp³-hybridized carbons (Fsp3) is 0.607. The maximum Gasteiger partial charge on any atom is 0.153 e. The number of hydrogen-bond acceptors (Lipinski definition) is 2. The number of aliphatic imine (C=N–C) groups is 1. The summed E-state index contributed by atoms with van der Waals surface area (Å²) in [6, 6.07) is 2.42. The molecule has 0 N–H and O–H groups in total. The molecule has 0 spiro atoms. The van der Waals surface area contributed by atoms with Gasteiger partial charge in [0, 0.05) is 11.1 Å². The van der Waals surface area contributed by atoms with Crippen molar-refractivity contribution >= 4 is 23.1 Å². The molecule has 1 unspecified atom stereocenters. The maximum atomic E-state index is 14.0. The van der Waals surface area contributed by atoms with E-state index in [9.17, 15) is 8.78 Å². The highest BCUT2D eigenvalue weighted by atomic mass is 32.1. The molecule has 4 heteroatoms. The third kappa shape index (κ3) is 6.84. The Bertz CT molecular complexity index is 901. The lowest BCUT2D eigenvalue weighted by molar-refractivity contribution is 0.183. The number of rotatable bonds is 7.